The second-order valence-electron chi connectivity index (χ2n) is 7.88. The Morgan fingerprint density at radius 3 is 2.29 bits per heavy atom. The number of urea groups is 1. The van der Waals surface area contributed by atoms with Crippen molar-refractivity contribution < 1.29 is 27.6 Å². The first-order valence-corrected chi connectivity index (χ1v) is 11.3. The summed E-state index contributed by atoms with van der Waals surface area (Å²) < 4.78 is 40.3. The highest BCUT2D eigenvalue weighted by Crippen LogP contribution is 2.24. The average Bonchev–Trinajstić information content (AvgIpc) is 2.82. The third-order valence-electron chi connectivity index (χ3n) is 5.47. The predicted molar refractivity (Wildman–Crippen MR) is 125 cm³/mol. The molecule has 7 nitrogen and oxygen atoms in total. The van der Waals surface area contributed by atoms with Crippen molar-refractivity contribution >= 4 is 39.3 Å². The highest BCUT2D eigenvalue weighted by Gasteiger charge is 2.26. The van der Waals surface area contributed by atoms with E-state index in [0.717, 1.165) is 23.6 Å². The van der Waals surface area contributed by atoms with Crippen LogP contribution in [0.2, 0.25) is 0 Å². The minimum absolute atomic E-state index is 0.0728. The number of alkyl halides is 2. The molecule has 1 N–H and O–H groups in total. The maximum Gasteiger partial charge on any atom is 0.324 e. The van der Waals surface area contributed by atoms with Gasteiger partial charge in [0, 0.05) is 47.5 Å². The Morgan fingerprint density at radius 2 is 1.71 bits per heavy atom. The molecule has 2 aromatic carbocycles. The molecule has 0 aromatic heterocycles. The average molecular weight is 541 g/mol. The van der Waals surface area contributed by atoms with Crippen LogP contribution in [-0.2, 0) is 11.3 Å². The van der Waals surface area contributed by atoms with Crippen LogP contribution in [0.25, 0.3) is 0 Å². The van der Waals surface area contributed by atoms with Gasteiger partial charge in [0.05, 0.1) is 13.1 Å². The first-order valence-electron chi connectivity index (χ1n) is 10.5. The lowest BCUT2D eigenvalue weighted by Gasteiger charge is -2.36. The molecule has 2 aromatic rings. The summed E-state index contributed by atoms with van der Waals surface area (Å²) in [5.41, 5.74) is 0.691. The number of ketones is 1. The fourth-order valence-electron chi connectivity index (χ4n) is 3.42. The molecule has 0 spiro atoms. The lowest BCUT2D eigenvalue weighted by molar-refractivity contribution is -0.131. The van der Waals surface area contributed by atoms with Gasteiger partial charge in [-0.1, -0.05) is 28.1 Å². The van der Waals surface area contributed by atoms with Crippen molar-refractivity contribution in [2.45, 2.75) is 13.0 Å². The van der Waals surface area contributed by atoms with Crippen molar-refractivity contribution in [1.29, 1.82) is 0 Å². The van der Waals surface area contributed by atoms with Crippen molar-refractivity contribution in [2.75, 3.05) is 44.7 Å². The van der Waals surface area contributed by atoms with Crippen LogP contribution in [0.5, 0.6) is 0 Å². The van der Waals surface area contributed by atoms with Gasteiger partial charge in [-0.2, -0.15) is 8.78 Å². The van der Waals surface area contributed by atoms with E-state index in [4.69, 9.17) is 0 Å². The zero-order chi connectivity index (χ0) is 24.8. The smallest absolute Gasteiger partial charge is 0.324 e. The van der Waals surface area contributed by atoms with Crippen LogP contribution in [0.3, 0.4) is 0 Å². The Morgan fingerprint density at radius 1 is 1.06 bits per heavy atom. The molecule has 182 valence electrons. The fourth-order valence-corrected chi connectivity index (χ4v) is 3.69. The van der Waals surface area contributed by atoms with Crippen LogP contribution in [-0.4, -0.2) is 73.7 Å². The molecule has 0 unspecified atom stereocenters. The molecule has 1 heterocycles. The van der Waals surface area contributed by atoms with E-state index in [-0.39, 0.29) is 23.7 Å². The van der Waals surface area contributed by atoms with Crippen LogP contribution < -0.4 is 10.2 Å². The van der Waals surface area contributed by atoms with Gasteiger partial charge in [-0.25, -0.2) is 9.18 Å². The number of amides is 3. The number of nitrogens with zero attached hydrogens (tertiary/aromatic N) is 3. The van der Waals surface area contributed by atoms with E-state index >= 15 is 0 Å². The van der Waals surface area contributed by atoms with Crippen LogP contribution in [0.1, 0.15) is 15.9 Å². The Balaban J connectivity index is 1.79. The molecule has 1 fully saturated rings. The van der Waals surface area contributed by atoms with E-state index < -0.39 is 30.5 Å². The van der Waals surface area contributed by atoms with Crippen molar-refractivity contribution in [2.24, 2.45) is 0 Å². The first-order chi connectivity index (χ1) is 16.2. The van der Waals surface area contributed by atoms with E-state index in [0.29, 0.717) is 18.8 Å². The summed E-state index contributed by atoms with van der Waals surface area (Å²) >= 11 is 3.37. The second kappa shape index (κ2) is 11.5. The van der Waals surface area contributed by atoms with Gasteiger partial charge in [0.2, 0.25) is 0 Å². The first kappa shape index (κ1) is 25.7. The number of nitrogens with one attached hydrogen (secondary N) is 1. The lowest BCUT2D eigenvalue weighted by Crippen LogP contribution is -2.52. The summed E-state index contributed by atoms with van der Waals surface area (Å²) in [7, 11) is 1.98. The summed E-state index contributed by atoms with van der Waals surface area (Å²) in [6, 6.07) is 10.5. The highest BCUT2D eigenvalue weighted by atomic mass is 79.9. The number of hydrogen-bond donors (Lipinski definition) is 1. The van der Waals surface area contributed by atoms with Gasteiger partial charge in [0.15, 0.2) is 5.78 Å². The topological polar surface area (TPSA) is 73.0 Å². The molecule has 34 heavy (non-hydrogen) atoms. The van der Waals surface area contributed by atoms with E-state index in [1.807, 2.05) is 7.05 Å². The number of carbonyl (C=O) groups excluding carboxylic acids is 3. The normalized spacial score (nSPS) is 14.2. The van der Waals surface area contributed by atoms with Crippen LogP contribution in [0, 0.1) is 5.82 Å². The van der Waals surface area contributed by atoms with Crippen LogP contribution in [0.4, 0.5) is 23.7 Å². The third kappa shape index (κ3) is 6.57. The fraction of sp³-hybridized carbons (Fsp3) is 0.348. The Labute approximate surface area is 203 Å². The Kier molecular flexibility index (Phi) is 8.67. The minimum Gasteiger partial charge on any atom is -0.344 e. The Hall–Kier alpha value is -2.92. The maximum atomic E-state index is 14.9. The molecule has 1 aliphatic rings. The molecule has 0 radical (unpaired) electrons. The SMILES string of the molecule is CN1CCN(C(=O)N(Cc2ccc(C(=O)CNC(=O)C(F)F)cc2F)c2ccc(Br)cc2)CC1. The Bertz CT molecular complexity index is 1040. The van der Waals surface area contributed by atoms with Crippen molar-refractivity contribution in [3.8, 4) is 0 Å². The summed E-state index contributed by atoms with van der Waals surface area (Å²) in [6.45, 7) is 1.80. The van der Waals surface area contributed by atoms with Gasteiger partial charge >= 0.3 is 12.5 Å². The van der Waals surface area contributed by atoms with Gasteiger partial charge in [-0.15, -0.1) is 0 Å². The molecular weight excluding hydrogens is 517 g/mol. The number of carbonyl (C=O) groups is 3. The molecule has 1 saturated heterocycles. The number of hydrogen-bond acceptors (Lipinski definition) is 4. The van der Waals surface area contributed by atoms with E-state index in [1.165, 1.54) is 17.0 Å². The lowest BCUT2D eigenvalue weighted by atomic mass is 10.1. The molecule has 3 amide bonds. The number of likely N-dealkylation sites (N-methyl/N-ethyl adjacent to an activating group) is 1. The minimum atomic E-state index is -3.24. The van der Waals surface area contributed by atoms with E-state index in [1.54, 1.807) is 34.5 Å². The largest absolute Gasteiger partial charge is 0.344 e. The molecule has 1 aliphatic heterocycles. The number of halogens is 4. The number of benzene rings is 2. The molecule has 0 bridgehead atoms. The van der Waals surface area contributed by atoms with Gasteiger partial charge in [-0.3, -0.25) is 14.5 Å². The van der Waals surface area contributed by atoms with Crippen molar-refractivity contribution in [3.05, 3.63) is 63.9 Å². The molecule has 3 rings (SSSR count). The van der Waals surface area contributed by atoms with Gasteiger partial charge in [0.1, 0.15) is 5.82 Å². The van der Waals surface area contributed by atoms with Gasteiger partial charge < -0.3 is 15.1 Å². The maximum absolute atomic E-state index is 14.9. The second-order valence-corrected chi connectivity index (χ2v) is 8.80. The van der Waals surface area contributed by atoms with E-state index in [9.17, 15) is 27.6 Å². The standard InChI is InChI=1S/C23H24BrF3N4O3/c1-29-8-10-30(11-9-29)23(34)31(18-6-4-17(24)5-7-18)14-16-3-2-15(12-19(16)25)20(32)13-28-22(33)21(26)27/h2-7,12,21H,8-11,13-14H2,1H3,(H,28,33). The zero-order valence-electron chi connectivity index (χ0n) is 18.4. The third-order valence-corrected chi connectivity index (χ3v) is 6.00. The van der Waals surface area contributed by atoms with Crippen molar-refractivity contribution in [3.63, 3.8) is 0 Å². The summed E-state index contributed by atoms with van der Waals surface area (Å²) in [5.74, 6) is -3.00. The predicted octanol–water partition coefficient (Wildman–Crippen LogP) is 3.53. The number of Topliss-reactive ketones (excluding diaryl/α,β-unsaturated/α-hetero) is 1. The number of rotatable bonds is 7. The molecule has 11 heteroatoms. The zero-order valence-corrected chi connectivity index (χ0v) is 20.0. The molecule has 0 aliphatic carbocycles. The van der Waals surface area contributed by atoms with Gasteiger partial charge in [-0.05, 0) is 37.4 Å². The highest BCUT2D eigenvalue weighted by molar-refractivity contribution is 9.10. The molecular formula is C23H24BrF3N4O3. The van der Waals surface area contributed by atoms with Crippen LogP contribution in [0.15, 0.2) is 46.9 Å². The monoisotopic (exact) mass is 540 g/mol. The number of piperazine rings is 1. The summed E-state index contributed by atoms with van der Waals surface area (Å²) in [6.07, 6.45) is -3.24. The van der Waals surface area contributed by atoms with Crippen LogP contribution >= 0.6 is 15.9 Å². The summed E-state index contributed by atoms with van der Waals surface area (Å²) in [5, 5.41) is 1.80. The number of anilines is 1. The summed E-state index contributed by atoms with van der Waals surface area (Å²) in [4.78, 5) is 41.7. The van der Waals surface area contributed by atoms with E-state index in [2.05, 4.69) is 20.8 Å². The molecule has 0 saturated carbocycles. The quantitative estimate of drug-likeness (QED) is 0.545. The van der Waals surface area contributed by atoms with Gasteiger partial charge in [0.25, 0.3) is 5.91 Å². The molecule has 0 atom stereocenters. The van der Waals surface area contributed by atoms with Crippen molar-refractivity contribution in [1.82, 2.24) is 15.1 Å².